The Balaban J connectivity index is 1.11. The molecule has 0 aliphatic heterocycles. The molecule has 0 atom stereocenters. The molecule has 0 N–H and O–H groups in total. The zero-order valence-electron chi connectivity index (χ0n) is 22.8. The molecule has 0 saturated heterocycles. The van der Waals surface area contributed by atoms with E-state index in [0.29, 0.717) is 0 Å². The zero-order chi connectivity index (χ0) is 27.6. The third-order valence-electron chi connectivity index (χ3n) is 8.50. The van der Waals surface area contributed by atoms with E-state index in [1.54, 1.807) is 0 Å². The molecule has 0 unspecified atom stereocenters. The Morgan fingerprint density at radius 3 is 1.55 bits per heavy atom. The Hall–Kier alpha value is -5.67. The van der Waals surface area contributed by atoms with Gasteiger partial charge < -0.3 is 4.57 Å². The van der Waals surface area contributed by atoms with Crippen molar-refractivity contribution in [1.29, 1.82) is 0 Å². The first-order chi connectivity index (χ1) is 20.8. The topological polar surface area (TPSA) is 22.8 Å². The number of nitrogens with zero attached hydrogens (tertiary/aromatic N) is 3. The van der Waals surface area contributed by atoms with Crippen molar-refractivity contribution >= 4 is 43.6 Å². The van der Waals surface area contributed by atoms with Crippen molar-refractivity contribution in [2.45, 2.75) is 0 Å². The molecule has 2 aromatic heterocycles. The summed E-state index contributed by atoms with van der Waals surface area (Å²) in [5, 5.41) is 5.25. The fraction of sp³-hybridized carbons (Fsp3) is 0. The molecule has 0 amide bonds. The normalized spacial score (nSPS) is 11.8. The summed E-state index contributed by atoms with van der Waals surface area (Å²) in [4.78, 5) is 5.02. The molecule has 196 valence electrons. The van der Waals surface area contributed by atoms with Crippen molar-refractivity contribution in [3.8, 4) is 33.9 Å². The van der Waals surface area contributed by atoms with Crippen LogP contribution >= 0.6 is 0 Å². The number of benzene rings is 7. The quantitative estimate of drug-likeness (QED) is 0.206. The highest BCUT2D eigenvalue weighted by atomic mass is 15.1. The third kappa shape index (κ3) is 3.37. The van der Waals surface area contributed by atoms with Crippen LogP contribution in [0.25, 0.3) is 77.5 Å². The van der Waals surface area contributed by atoms with Gasteiger partial charge in [0.25, 0.3) is 0 Å². The van der Waals surface area contributed by atoms with E-state index >= 15 is 0 Å². The summed E-state index contributed by atoms with van der Waals surface area (Å²) in [6, 6.07) is 54.1. The molecule has 3 heteroatoms. The van der Waals surface area contributed by atoms with Gasteiger partial charge >= 0.3 is 0 Å². The minimum Gasteiger partial charge on any atom is -0.309 e. The summed E-state index contributed by atoms with van der Waals surface area (Å²) in [5.74, 6) is 0.946. The molecule has 0 spiro atoms. The van der Waals surface area contributed by atoms with Gasteiger partial charge in [0.05, 0.1) is 22.1 Å². The summed E-state index contributed by atoms with van der Waals surface area (Å²) in [7, 11) is 0. The Morgan fingerprint density at radius 1 is 0.357 bits per heavy atom. The molecular weight excluding hydrogens is 510 g/mol. The first-order valence-corrected chi connectivity index (χ1v) is 14.3. The fourth-order valence-electron chi connectivity index (χ4n) is 6.57. The smallest absolute Gasteiger partial charge is 0.145 e. The predicted molar refractivity (Wildman–Crippen MR) is 175 cm³/mol. The molecule has 0 bridgehead atoms. The standard InChI is InChI=1S/C39H25N3/c1-2-10-31(11-3-1)42-34-13-5-4-12-33(34)40-39(42)30-20-16-26(17-21-30)27-22-24-32(25-23-27)41-35-14-6-8-28-18-19-29-9-7-15-36(41)38(29)37(28)35/h1-25H. The number of fused-ring (bicyclic) bond motifs is 1. The van der Waals surface area contributed by atoms with E-state index in [9.17, 15) is 0 Å². The van der Waals surface area contributed by atoms with E-state index in [2.05, 4.69) is 149 Å². The van der Waals surface area contributed by atoms with Crippen molar-refractivity contribution < 1.29 is 0 Å². The van der Waals surface area contributed by atoms with Gasteiger partial charge in [0.2, 0.25) is 0 Å². The van der Waals surface area contributed by atoms with Crippen molar-refractivity contribution in [2.75, 3.05) is 0 Å². The van der Waals surface area contributed by atoms with E-state index in [0.717, 1.165) is 28.1 Å². The first-order valence-electron chi connectivity index (χ1n) is 14.3. The molecule has 9 aromatic rings. The Bertz CT molecular complexity index is 2310. The van der Waals surface area contributed by atoms with E-state index < -0.39 is 0 Å². The Labute approximate surface area is 242 Å². The van der Waals surface area contributed by atoms with Crippen molar-refractivity contribution in [1.82, 2.24) is 14.1 Å². The van der Waals surface area contributed by atoms with Crippen LogP contribution < -0.4 is 0 Å². The monoisotopic (exact) mass is 535 g/mol. The number of hydrogen-bond acceptors (Lipinski definition) is 1. The predicted octanol–water partition coefficient (Wildman–Crippen LogP) is 10.0. The lowest BCUT2D eigenvalue weighted by Gasteiger charge is -2.11. The number of para-hydroxylation sites is 3. The van der Waals surface area contributed by atoms with Crippen LogP contribution in [-0.4, -0.2) is 14.1 Å². The maximum Gasteiger partial charge on any atom is 0.145 e. The highest BCUT2D eigenvalue weighted by Gasteiger charge is 2.17. The number of rotatable bonds is 4. The van der Waals surface area contributed by atoms with Crippen LogP contribution in [0.3, 0.4) is 0 Å². The van der Waals surface area contributed by atoms with Crippen LogP contribution in [0.15, 0.2) is 152 Å². The van der Waals surface area contributed by atoms with Gasteiger partial charge in [-0.1, -0.05) is 103 Å². The van der Waals surface area contributed by atoms with E-state index in [-0.39, 0.29) is 0 Å². The summed E-state index contributed by atoms with van der Waals surface area (Å²) in [6.07, 6.45) is 0. The minimum absolute atomic E-state index is 0.946. The first kappa shape index (κ1) is 23.1. The lowest BCUT2D eigenvalue weighted by molar-refractivity contribution is 1.10. The van der Waals surface area contributed by atoms with Crippen LogP contribution in [0, 0.1) is 0 Å². The minimum atomic E-state index is 0.946. The van der Waals surface area contributed by atoms with Crippen LogP contribution in [0.5, 0.6) is 0 Å². The van der Waals surface area contributed by atoms with Gasteiger partial charge in [0, 0.05) is 27.7 Å². The largest absolute Gasteiger partial charge is 0.309 e. The van der Waals surface area contributed by atoms with E-state index in [1.165, 1.54) is 49.4 Å². The Kier molecular flexibility index (Phi) is 4.90. The molecule has 42 heavy (non-hydrogen) atoms. The maximum atomic E-state index is 5.02. The van der Waals surface area contributed by atoms with Gasteiger partial charge in [-0.05, 0) is 70.4 Å². The molecule has 0 aliphatic carbocycles. The molecule has 0 aliphatic rings. The van der Waals surface area contributed by atoms with Gasteiger partial charge in [0.15, 0.2) is 0 Å². The highest BCUT2D eigenvalue weighted by molar-refractivity contribution is 6.24. The van der Waals surface area contributed by atoms with E-state index in [4.69, 9.17) is 4.98 Å². The average molecular weight is 536 g/mol. The lowest BCUT2D eigenvalue weighted by Crippen LogP contribution is -1.97. The number of imidazole rings is 1. The summed E-state index contributed by atoms with van der Waals surface area (Å²) < 4.78 is 4.64. The summed E-state index contributed by atoms with van der Waals surface area (Å²) in [5.41, 5.74) is 10.3. The average Bonchev–Trinajstić information content (AvgIpc) is 3.62. The summed E-state index contributed by atoms with van der Waals surface area (Å²) >= 11 is 0. The highest BCUT2D eigenvalue weighted by Crippen LogP contribution is 2.39. The fourth-order valence-corrected chi connectivity index (χ4v) is 6.57. The van der Waals surface area contributed by atoms with Crippen LogP contribution in [-0.2, 0) is 0 Å². The number of hydrogen-bond donors (Lipinski definition) is 0. The molecule has 0 saturated carbocycles. The van der Waals surface area contributed by atoms with Gasteiger partial charge in [0.1, 0.15) is 5.82 Å². The second-order valence-electron chi connectivity index (χ2n) is 10.9. The second-order valence-corrected chi connectivity index (χ2v) is 10.9. The summed E-state index contributed by atoms with van der Waals surface area (Å²) in [6.45, 7) is 0. The lowest BCUT2D eigenvalue weighted by atomic mass is 10.0. The second kappa shape index (κ2) is 8.92. The van der Waals surface area contributed by atoms with Crippen LogP contribution in [0.2, 0.25) is 0 Å². The van der Waals surface area contributed by atoms with Gasteiger partial charge in [-0.3, -0.25) is 4.57 Å². The number of aromatic nitrogens is 3. The van der Waals surface area contributed by atoms with Crippen molar-refractivity contribution in [3.05, 3.63) is 152 Å². The molecule has 2 heterocycles. The molecular formula is C39H25N3. The van der Waals surface area contributed by atoms with Gasteiger partial charge in [-0.25, -0.2) is 4.98 Å². The molecule has 7 aromatic carbocycles. The molecule has 0 fully saturated rings. The van der Waals surface area contributed by atoms with Gasteiger partial charge in [-0.2, -0.15) is 0 Å². The van der Waals surface area contributed by atoms with E-state index in [1.807, 2.05) is 12.1 Å². The Morgan fingerprint density at radius 2 is 0.881 bits per heavy atom. The van der Waals surface area contributed by atoms with Crippen LogP contribution in [0.4, 0.5) is 0 Å². The van der Waals surface area contributed by atoms with Crippen LogP contribution in [0.1, 0.15) is 0 Å². The zero-order valence-corrected chi connectivity index (χ0v) is 22.8. The third-order valence-corrected chi connectivity index (χ3v) is 8.50. The molecule has 3 nitrogen and oxygen atoms in total. The van der Waals surface area contributed by atoms with Crippen molar-refractivity contribution in [3.63, 3.8) is 0 Å². The SMILES string of the molecule is c1ccc(-n2c(-c3ccc(-c4ccc(-n5c6cccc7ccc8cccc5c8c76)cc4)cc3)nc3ccccc32)cc1. The molecule has 9 rings (SSSR count). The molecule has 0 radical (unpaired) electrons. The van der Waals surface area contributed by atoms with Gasteiger partial charge in [-0.15, -0.1) is 0 Å². The van der Waals surface area contributed by atoms with Crippen molar-refractivity contribution in [2.24, 2.45) is 0 Å². The maximum absolute atomic E-state index is 5.02.